The maximum Gasteiger partial charge on any atom is 0.328 e. The Morgan fingerprint density at radius 3 is 2.80 bits per heavy atom. The van der Waals surface area contributed by atoms with Crippen LogP contribution in [0.4, 0.5) is 0 Å². The van der Waals surface area contributed by atoms with Gasteiger partial charge in [0.2, 0.25) is 0 Å². The molecule has 1 aromatic heterocycles. The lowest BCUT2D eigenvalue weighted by molar-refractivity contribution is -0.117. The third-order valence-electron chi connectivity index (χ3n) is 2.74. The van der Waals surface area contributed by atoms with Crippen LogP contribution in [0.25, 0.3) is 0 Å². The van der Waals surface area contributed by atoms with E-state index < -0.39 is 0 Å². The number of hydrogen-bond donors (Lipinski definition) is 0. The first-order chi connectivity index (χ1) is 7.18. The number of ketones is 1. The molecule has 1 saturated carbocycles. The van der Waals surface area contributed by atoms with Crippen molar-refractivity contribution in [3.8, 4) is 0 Å². The summed E-state index contributed by atoms with van der Waals surface area (Å²) < 4.78 is 3.50. The summed E-state index contributed by atoms with van der Waals surface area (Å²) in [6, 6.07) is 0.437. The first-order valence-corrected chi connectivity index (χ1v) is 5.45. The molecule has 0 radical (unpaired) electrons. The minimum Gasteiger partial charge on any atom is -0.300 e. The van der Waals surface area contributed by atoms with Crippen molar-refractivity contribution in [1.29, 1.82) is 0 Å². The summed E-state index contributed by atoms with van der Waals surface area (Å²) >= 11 is 0. The van der Waals surface area contributed by atoms with Crippen molar-refractivity contribution in [2.45, 2.75) is 45.2 Å². The van der Waals surface area contributed by atoms with Gasteiger partial charge in [0, 0.05) is 31.4 Å². The highest BCUT2D eigenvalue weighted by molar-refractivity contribution is 5.75. The highest BCUT2D eigenvalue weighted by Crippen LogP contribution is 2.33. The molecule has 0 saturated heterocycles. The molecule has 0 aliphatic heterocycles. The molecule has 1 aromatic rings. The van der Waals surface area contributed by atoms with Crippen molar-refractivity contribution >= 4 is 5.78 Å². The number of imidazole rings is 1. The molecule has 4 heteroatoms. The smallest absolute Gasteiger partial charge is 0.300 e. The molecule has 2 rings (SSSR count). The third kappa shape index (κ3) is 2.37. The number of rotatable bonds is 5. The average molecular weight is 208 g/mol. The SMILES string of the molecule is CC(=O)CCCn1ccn(C2CC2)c1=O. The van der Waals surface area contributed by atoms with Gasteiger partial charge >= 0.3 is 5.69 Å². The van der Waals surface area contributed by atoms with E-state index in [4.69, 9.17) is 0 Å². The van der Waals surface area contributed by atoms with Crippen molar-refractivity contribution in [2.24, 2.45) is 0 Å². The van der Waals surface area contributed by atoms with Crippen LogP contribution in [0, 0.1) is 0 Å². The van der Waals surface area contributed by atoms with Crippen molar-refractivity contribution in [3.63, 3.8) is 0 Å². The summed E-state index contributed by atoms with van der Waals surface area (Å²) in [6.07, 6.45) is 7.23. The van der Waals surface area contributed by atoms with Crippen molar-refractivity contribution in [2.75, 3.05) is 0 Å². The van der Waals surface area contributed by atoms with Gasteiger partial charge in [-0.3, -0.25) is 9.13 Å². The van der Waals surface area contributed by atoms with E-state index in [1.807, 2.05) is 12.4 Å². The molecule has 1 fully saturated rings. The zero-order valence-corrected chi connectivity index (χ0v) is 8.98. The number of aromatic nitrogens is 2. The third-order valence-corrected chi connectivity index (χ3v) is 2.74. The van der Waals surface area contributed by atoms with Gasteiger partial charge in [0.15, 0.2) is 0 Å². The Morgan fingerprint density at radius 1 is 1.47 bits per heavy atom. The largest absolute Gasteiger partial charge is 0.328 e. The fourth-order valence-electron chi connectivity index (χ4n) is 1.73. The van der Waals surface area contributed by atoms with Gasteiger partial charge in [0.05, 0.1) is 0 Å². The van der Waals surface area contributed by atoms with E-state index in [1.165, 1.54) is 0 Å². The number of hydrogen-bond acceptors (Lipinski definition) is 2. The average Bonchev–Trinajstić information content (AvgIpc) is 2.94. The summed E-state index contributed by atoms with van der Waals surface area (Å²) in [5, 5.41) is 0. The topological polar surface area (TPSA) is 44.0 Å². The number of carbonyl (C=O) groups excluding carboxylic acids is 1. The van der Waals surface area contributed by atoms with Crippen LogP contribution in [0.2, 0.25) is 0 Å². The fraction of sp³-hybridized carbons (Fsp3) is 0.636. The molecule has 15 heavy (non-hydrogen) atoms. The van der Waals surface area contributed by atoms with E-state index in [9.17, 15) is 9.59 Å². The van der Waals surface area contributed by atoms with E-state index in [0.717, 1.165) is 19.3 Å². The Bertz CT molecular complexity index is 412. The predicted molar refractivity (Wildman–Crippen MR) is 56.9 cm³/mol. The quantitative estimate of drug-likeness (QED) is 0.733. The Labute approximate surface area is 88.5 Å². The molecule has 0 atom stereocenters. The Balaban J connectivity index is 1.96. The van der Waals surface area contributed by atoms with E-state index in [1.54, 1.807) is 16.1 Å². The Kier molecular flexibility index (Phi) is 2.75. The monoisotopic (exact) mass is 208 g/mol. The van der Waals surface area contributed by atoms with E-state index in [0.29, 0.717) is 19.0 Å². The molecule has 0 aromatic carbocycles. The molecule has 1 heterocycles. The number of nitrogens with zero attached hydrogens (tertiary/aromatic N) is 2. The number of aryl methyl sites for hydroxylation is 1. The van der Waals surface area contributed by atoms with Crippen molar-refractivity contribution < 1.29 is 4.79 Å². The second-order valence-corrected chi connectivity index (χ2v) is 4.22. The van der Waals surface area contributed by atoms with Gasteiger partial charge in [-0.25, -0.2) is 4.79 Å². The van der Waals surface area contributed by atoms with E-state index >= 15 is 0 Å². The molecular formula is C11H16N2O2. The minimum absolute atomic E-state index is 0.0704. The summed E-state index contributed by atoms with van der Waals surface area (Å²) in [6.45, 7) is 2.23. The van der Waals surface area contributed by atoms with Crippen LogP contribution in [0.1, 0.15) is 38.6 Å². The predicted octanol–water partition coefficient (Wildman–Crippen LogP) is 1.35. The van der Waals surface area contributed by atoms with Crippen LogP contribution >= 0.6 is 0 Å². The number of carbonyl (C=O) groups is 1. The van der Waals surface area contributed by atoms with E-state index in [2.05, 4.69) is 0 Å². The summed E-state index contributed by atoms with van der Waals surface area (Å²) in [7, 11) is 0. The molecule has 0 amide bonds. The van der Waals surface area contributed by atoms with Gasteiger partial charge in [0.1, 0.15) is 5.78 Å². The van der Waals surface area contributed by atoms with Crippen LogP contribution in [0.15, 0.2) is 17.2 Å². The first-order valence-electron chi connectivity index (χ1n) is 5.45. The number of Topliss-reactive ketones (excluding diaryl/α,β-unsaturated/α-hetero) is 1. The molecule has 4 nitrogen and oxygen atoms in total. The second-order valence-electron chi connectivity index (χ2n) is 4.22. The molecule has 82 valence electrons. The zero-order chi connectivity index (χ0) is 10.8. The molecule has 0 N–H and O–H groups in total. The van der Waals surface area contributed by atoms with Gasteiger partial charge in [-0.2, -0.15) is 0 Å². The van der Waals surface area contributed by atoms with Crippen LogP contribution in [0.3, 0.4) is 0 Å². The van der Waals surface area contributed by atoms with Gasteiger partial charge < -0.3 is 4.79 Å². The molecule has 1 aliphatic rings. The van der Waals surface area contributed by atoms with Gasteiger partial charge in [-0.15, -0.1) is 0 Å². The fourth-order valence-corrected chi connectivity index (χ4v) is 1.73. The maximum absolute atomic E-state index is 11.8. The summed E-state index contributed by atoms with van der Waals surface area (Å²) in [4.78, 5) is 22.5. The maximum atomic E-state index is 11.8. The minimum atomic E-state index is 0.0704. The highest BCUT2D eigenvalue weighted by atomic mass is 16.1. The van der Waals surface area contributed by atoms with Crippen molar-refractivity contribution in [3.05, 3.63) is 22.9 Å². The van der Waals surface area contributed by atoms with Gasteiger partial charge in [-0.1, -0.05) is 0 Å². The standard InChI is InChI=1S/C11H16N2O2/c1-9(14)3-2-6-12-7-8-13(11(12)15)10-4-5-10/h7-8,10H,2-6H2,1H3. The van der Waals surface area contributed by atoms with Crippen LogP contribution < -0.4 is 5.69 Å². The van der Waals surface area contributed by atoms with Crippen molar-refractivity contribution in [1.82, 2.24) is 9.13 Å². The first kappa shape index (κ1) is 10.2. The van der Waals surface area contributed by atoms with E-state index in [-0.39, 0.29) is 11.5 Å². The zero-order valence-electron chi connectivity index (χ0n) is 8.98. The molecular weight excluding hydrogens is 192 g/mol. The molecule has 0 bridgehead atoms. The molecule has 0 spiro atoms. The van der Waals surface area contributed by atoms with Crippen LogP contribution in [-0.2, 0) is 11.3 Å². The summed E-state index contributed by atoms with van der Waals surface area (Å²) in [5.74, 6) is 0.185. The lowest BCUT2D eigenvalue weighted by Gasteiger charge is -1.99. The lowest BCUT2D eigenvalue weighted by Crippen LogP contribution is -2.23. The normalized spacial score (nSPS) is 15.5. The molecule has 1 aliphatic carbocycles. The second kappa shape index (κ2) is 4.04. The molecule has 0 unspecified atom stereocenters. The van der Waals surface area contributed by atoms with Gasteiger partial charge in [-0.05, 0) is 26.2 Å². The van der Waals surface area contributed by atoms with Gasteiger partial charge in [0.25, 0.3) is 0 Å². The Morgan fingerprint density at radius 2 is 2.20 bits per heavy atom. The summed E-state index contributed by atoms with van der Waals surface area (Å²) in [5.41, 5.74) is 0.0704. The Hall–Kier alpha value is -1.32. The van der Waals surface area contributed by atoms with Crippen LogP contribution in [-0.4, -0.2) is 14.9 Å². The van der Waals surface area contributed by atoms with Crippen LogP contribution in [0.5, 0.6) is 0 Å². The lowest BCUT2D eigenvalue weighted by atomic mass is 10.2. The highest BCUT2D eigenvalue weighted by Gasteiger charge is 2.25.